The number of rotatable bonds is 6. The number of methoxy groups -OCH3 is 1. The fourth-order valence-corrected chi connectivity index (χ4v) is 3.54. The molecule has 2 aromatic carbocycles. The Morgan fingerprint density at radius 1 is 1.12 bits per heavy atom. The zero-order chi connectivity index (χ0) is 23.5. The maximum absolute atomic E-state index is 13.1. The van der Waals surface area contributed by atoms with Crippen LogP contribution in [0.4, 0.5) is 4.39 Å². The monoisotopic (exact) mass is 458 g/mol. The number of hydrogen-bond acceptors (Lipinski definition) is 5. The maximum Gasteiger partial charge on any atom is 0.338 e. The first-order chi connectivity index (χ1) is 15.1. The van der Waals surface area contributed by atoms with Crippen LogP contribution in [0.2, 0.25) is 0 Å². The van der Waals surface area contributed by atoms with E-state index < -0.39 is 17.6 Å². The Labute approximate surface area is 192 Å². The van der Waals surface area contributed by atoms with Gasteiger partial charge in [-0.25, -0.2) is 9.18 Å². The van der Waals surface area contributed by atoms with Crippen molar-refractivity contribution in [3.63, 3.8) is 0 Å². The van der Waals surface area contributed by atoms with E-state index in [-0.39, 0.29) is 12.4 Å². The number of nitrogens with one attached hydrogen (secondary N) is 2. The Balaban J connectivity index is 1.88. The van der Waals surface area contributed by atoms with Crippen molar-refractivity contribution in [2.75, 3.05) is 7.11 Å². The second-order valence-electron chi connectivity index (χ2n) is 8.40. The average molecular weight is 459 g/mol. The molecular formula is C24H27FN2O4S. The summed E-state index contributed by atoms with van der Waals surface area (Å²) in [5.41, 5.74) is 2.02. The Kier molecular flexibility index (Phi) is 7.03. The van der Waals surface area contributed by atoms with Crippen LogP contribution in [0.1, 0.15) is 44.9 Å². The molecule has 0 aliphatic carbocycles. The summed E-state index contributed by atoms with van der Waals surface area (Å²) in [5, 5.41) is 6.55. The number of carbonyl (C=O) groups is 1. The highest BCUT2D eigenvalue weighted by Gasteiger charge is 2.33. The lowest BCUT2D eigenvalue weighted by Gasteiger charge is -2.32. The van der Waals surface area contributed by atoms with Gasteiger partial charge in [-0.15, -0.1) is 0 Å². The summed E-state index contributed by atoms with van der Waals surface area (Å²) in [6.07, 6.45) is 0. The zero-order valence-corrected chi connectivity index (χ0v) is 19.6. The van der Waals surface area contributed by atoms with Gasteiger partial charge in [0, 0.05) is 5.70 Å². The minimum Gasteiger partial charge on any atom is -0.493 e. The van der Waals surface area contributed by atoms with Gasteiger partial charge in [0.2, 0.25) is 0 Å². The molecule has 2 aromatic rings. The molecule has 0 bridgehead atoms. The minimum absolute atomic E-state index is 0.258. The van der Waals surface area contributed by atoms with E-state index >= 15 is 0 Å². The van der Waals surface area contributed by atoms with Crippen LogP contribution < -0.4 is 20.1 Å². The first kappa shape index (κ1) is 23.5. The summed E-state index contributed by atoms with van der Waals surface area (Å²) in [7, 11) is 1.54. The van der Waals surface area contributed by atoms with E-state index in [0.29, 0.717) is 27.9 Å². The predicted molar refractivity (Wildman–Crippen MR) is 124 cm³/mol. The summed E-state index contributed by atoms with van der Waals surface area (Å²) >= 11 is 5.31. The number of halogens is 1. The highest BCUT2D eigenvalue weighted by molar-refractivity contribution is 7.80. The van der Waals surface area contributed by atoms with Gasteiger partial charge in [0.15, 0.2) is 16.6 Å². The molecule has 8 heteroatoms. The van der Waals surface area contributed by atoms with Crippen molar-refractivity contribution in [2.24, 2.45) is 0 Å². The quantitative estimate of drug-likeness (QED) is 0.486. The van der Waals surface area contributed by atoms with Crippen molar-refractivity contribution in [2.45, 2.75) is 45.9 Å². The minimum atomic E-state index is -0.636. The van der Waals surface area contributed by atoms with E-state index in [9.17, 15) is 9.18 Å². The van der Waals surface area contributed by atoms with Gasteiger partial charge < -0.3 is 24.8 Å². The Hall–Kier alpha value is -3.13. The molecule has 0 saturated heterocycles. The van der Waals surface area contributed by atoms with Crippen LogP contribution in [-0.2, 0) is 16.1 Å². The highest BCUT2D eigenvalue weighted by Crippen LogP contribution is 2.35. The largest absolute Gasteiger partial charge is 0.493 e. The molecule has 1 atom stereocenters. The molecule has 1 heterocycles. The number of hydrogen-bond donors (Lipinski definition) is 2. The number of thiocarbonyl (C=S) groups is 1. The molecule has 0 spiro atoms. The van der Waals surface area contributed by atoms with Crippen molar-refractivity contribution >= 4 is 23.3 Å². The molecule has 0 saturated carbocycles. The van der Waals surface area contributed by atoms with Crippen molar-refractivity contribution in [1.82, 2.24) is 10.6 Å². The topological polar surface area (TPSA) is 68.8 Å². The molecular weight excluding hydrogens is 431 g/mol. The molecule has 0 radical (unpaired) electrons. The Morgan fingerprint density at radius 3 is 2.44 bits per heavy atom. The number of carbonyl (C=O) groups excluding carboxylic acids is 1. The summed E-state index contributed by atoms with van der Waals surface area (Å²) in [4.78, 5) is 12.9. The van der Waals surface area contributed by atoms with E-state index in [1.807, 2.05) is 26.8 Å². The third kappa shape index (κ3) is 5.76. The number of allylic oxidation sites excluding steroid dienone is 1. The van der Waals surface area contributed by atoms with Crippen LogP contribution in [0.3, 0.4) is 0 Å². The molecule has 170 valence electrons. The van der Waals surface area contributed by atoms with Crippen LogP contribution in [0.15, 0.2) is 53.7 Å². The fourth-order valence-electron chi connectivity index (χ4n) is 3.27. The van der Waals surface area contributed by atoms with E-state index in [0.717, 1.165) is 11.1 Å². The Bertz CT molecular complexity index is 1040. The average Bonchev–Trinajstić information content (AvgIpc) is 2.71. The molecule has 0 fully saturated rings. The molecule has 1 aliphatic heterocycles. The van der Waals surface area contributed by atoms with Gasteiger partial charge in [-0.3, -0.25) is 0 Å². The smallest absolute Gasteiger partial charge is 0.338 e. The first-order valence-electron chi connectivity index (χ1n) is 10.1. The van der Waals surface area contributed by atoms with E-state index in [4.69, 9.17) is 26.4 Å². The van der Waals surface area contributed by atoms with Gasteiger partial charge in [0.1, 0.15) is 18.0 Å². The van der Waals surface area contributed by atoms with Gasteiger partial charge in [-0.2, -0.15) is 0 Å². The lowest BCUT2D eigenvalue weighted by Crippen LogP contribution is -2.45. The summed E-state index contributed by atoms with van der Waals surface area (Å²) < 4.78 is 30.1. The summed E-state index contributed by atoms with van der Waals surface area (Å²) in [5.74, 6) is 0.291. The SMILES string of the molecule is COc1cc(C2NC(=S)NC(C)=C2C(=O)OC(C)(C)C)ccc1OCc1ccc(F)cc1. The molecule has 3 rings (SSSR count). The second kappa shape index (κ2) is 9.56. The molecule has 0 aromatic heterocycles. The fraction of sp³-hybridized carbons (Fsp3) is 0.333. The van der Waals surface area contributed by atoms with Crippen molar-refractivity contribution in [1.29, 1.82) is 0 Å². The van der Waals surface area contributed by atoms with Crippen LogP contribution in [-0.4, -0.2) is 23.8 Å². The molecule has 6 nitrogen and oxygen atoms in total. The van der Waals surface area contributed by atoms with E-state index in [1.165, 1.54) is 12.1 Å². The molecule has 32 heavy (non-hydrogen) atoms. The van der Waals surface area contributed by atoms with E-state index in [2.05, 4.69) is 10.6 Å². The number of esters is 1. The lowest BCUT2D eigenvalue weighted by atomic mass is 9.95. The molecule has 0 amide bonds. The van der Waals surface area contributed by atoms with Crippen LogP contribution in [0, 0.1) is 5.82 Å². The van der Waals surface area contributed by atoms with E-state index in [1.54, 1.807) is 38.3 Å². The molecule has 1 aliphatic rings. The normalized spacial score (nSPS) is 16.2. The van der Waals surface area contributed by atoms with Crippen LogP contribution in [0.5, 0.6) is 11.5 Å². The number of ether oxygens (including phenoxy) is 3. The summed E-state index contributed by atoms with van der Waals surface area (Å²) in [6.45, 7) is 7.51. The van der Waals surface area contributed by atoms with Crippen molar-refractivity contribution in [3.8, 4) is 11.5 Å². The van der Waals surface area contributed by atoms with Crippen molar-refractivity contribution < 1.29 is 23.4 Å². The molecule has 1 unspecified atom stereocenters. The summed E-state index contributed by atoms with van der Waals surface area (Å²) in [6, 6.07) is 11.0. The second-order valence-corrected chi connectivity index (χ2v) is 8.81. The van der Waals surface area contributed by atoms with Gasteiger partial charge in [-0.05, 0) is 75.3 Å². The van der Waals surface area contributed by atoms with Crippen LogP contribution in [0.25, 0.3) is 0 Å². The van der Waals surface area contributed by atoms with Gasteiger partial charge in [0.25, 0.3) is 0 Å². The Morgan fingerprint density at radius 2 is 1.81 bits per heavy atom. The first-order valence-corrected chi connectivity index (χ1v) is 10.5. The van der Waals surface area contributed by atoms with Gasteiger partial charge in [0.05, 0.1) is 18.7 Å². The van der Waals surface area contributed by atoms with Crippen LogP contribution >= 0.6 is 12.2 Å². The number of benzene rings is 2. The van der Waals surface area contributed by atoms with Gasteiger partial charge in [-0.1, -0.05) is 18.2 Å². The molecule has 2 N–H and O–H groups in total. The van der Waals surface area contributed by atoms with Gasteiger partial charge >= 0.3 is 5.97 Å². The van der Waals surface area contributed by atoms with Crippen molar-refractivity contribution in [3.05, 3.63) is 70.7 Å². The third-order valence-corrected chi connectivity index (χ3v) is 4.94. The third-order valence-electron chi connectivity index (χ3n) is 4.72. The zero-order valence-electron chi connectivity index (χ0n) is 18.7. The maximum atomic E-state index is 13.1. The highest BCUT2D eigenvalue weighted by atomic mass is 32.1. The lowest BCUT2D eigenvalue weighted by molar-refractivity contribution is -0.150. The predicted octanol–water partition coefficient (Wildman–Crippen LogP) is 4.55. The standard InChI is InChI=1S/C24H27FN2O4S/c1-14-20(22(28)31-24(2,3)4)21(27-23(32)26-14)16-8-11-18(19(12-16)29-5)30-13-15-6-9-17(25)10-7-15/h6-12,21H,13H2,1-5H3,(H2,26,27,32).